The van der Waals surface area contributed by atoms with Gasteiger partial charge in [0.2, 0.25) is 0 Å². The molecule has 0 amide bonds. The molecule has 1 aromatic carbocycles. The summed E-state index contributed by atoms with van der Waals surface area (Å²) in [5, 5.41) is 10.9. The van der Waals surface area contributed by atoms with Crippen molar-refractivity contribution in [3.8, 4) is 0 Å². The first kappa shape index (κ1) is 11.8. The molecule has 0 spiro atoms. The molecule has 1 aliphatic rings. The van der Waals surface area contributed by atoms with Gasteiger partial charge in [-0.25, -0.2) is 0 Å². The molecule has 2 nitrogen and oxygen atoms in total. The number of rotatable bonds is 3. The highest BCUT2D eigenvalue weighted by molar-refractivity contribution is 6.42. The average Bonchev–Trinajstić information content (AvgIpc) is 2.77. The van der Waals surface area contributed by atoms with Crippen molar-refractivity contribution in [3.63, 3.8) is 0 Å². The predicted molar refractivity (Wildman–Crippen MR) is 64.8 cm³/mol. The van der Waals surface area contributed by atoms with Gasteiger partial charge in [-0.1, -0.05) is 29.3 Å². The van der Waals surface area contributed by atoms with Gasteiger partial charge in [0, 0.05) is 12.8 Å². The van der Waals surface area contributed by atoms with Crippen molar-refractivity contribution in [3.05, 3.63) is 45.6 Å². The monoisotopic (exact) mass is 258 g/mol. The van der Waals surface area contributed by atoms with Gasteiger partial charge in [0.05, 0.1) is 16.7 Å². The van der Waals surface area contributed by atoms with Crippen molar-refractivity contribution in [2.75, 3.05) is 6.61 Å². The summed E-state index contributed by atoms with van der Waals surface area (Å²) in [4.78, 5) is 0. The van der Waals surface area contributed by atoms with Crippen LogP contribution in [-0.4, -0.2) is 17.8 Å². The third-order valence-corrected chi connectivity index (χ3v) is 3.21. The number of halogens is 2. The summed E-state index contributed by atoms with van der Waals surface area (Å²) < 4.78 is 5.29. The number of benzene rings is 1. The fraction of sp³-hybridized carbons (Fsp3) is 0.333. The van der Waals surface area contributed by atoms with E-state index in [1.807, 2.05) is 12.1 Å². The molecule has 1 unspecified atom stereocenters. The van der Waals surface area contributed by atoms with Crippen molar-refractivity contribution in [2.24, 2.45) is 0 Å². The Morgan fingerprint density at radius 2 is 2.12 bits per heavy atom. The fourth-order valence-electron chi connectivity index (χ4n) is 1.66. The van der Waals surface area contributed by atoms with Crippen LogP contribution < -0.4 is 0 Å². The van der Waals surface area contributed by atoms with Crippen molar-refractivity contribution in [1.82, 2.24) is 0 Å². The van der Waals surface area contributed by atoms with E-state index in [9.17, 15) is 5.11 Å². The van der Waals surface area contributed by atoms with Crippen LogP contribution in [0.2, 0.25) is 10.0 Å². The standard InChI is InChI=1S/C12H12Cl2O2/c13-9-4-3-8(6-10(9)14)7-11(15)12-2-1-5-16-12/h2-4,6,11,15H,1,5,7H2. The first-order chi connectivity index (χ1) is 7.66. The Bertz CT molecular complexity index is 415. The zero-order valence-corrected chi connectivity index (χ0v) is 10.1. The minimum atomic E-state index is -0.597. The van der Waals surface area contributed by atoms with Crippen LogP contribution in [-0.2, 0) is 11.2 Å². The molecule has 1 atom stereocenters. The summed E-state index contributed by atoms with van der Waals surface area (Å²) in [6, 6.07) is 5.35. The maximum Gasteiger partial charge on any atom is 0.121 e. The Labute approximate surface area is 104 Å². The van der Waals surface area contributed by atoms with Gasteiger partial charge in [-0.05, 0) is 23.8 Å². The van der Waals surface area contributed by atoms with Crippen LogP contribution in [0.1, 0.15) is 12.0 Å². The zero-order valence-electron chi connectivity index (χ0n) is 8.62. The first-order valence-electron chi connectivity index (χ1n) is 5.11. The summed E-state index contributed by atoms with van der Waals surface area (Å²) in [6.45, 7) is 0.660. The predicted octanol–water partition coefficient (Wildman–Crippen LogP) is 3.20. The van der Waals surface area contributed by atoms with Crippen LogP contribution in [0.25, 0.3) is 0 Å². The van der Waals surface area contributed by atoms with Crippen LogP contribution in [0.15, 0.2) is 30.0 Å². The SMILES string of the molecule is OC(Cc1ccc(Cl)c(Cl)c1)C1=CCCO1. The van der Waals surface area contributed by atoms with E-state index in [0.717, 1.165) is 12.0 Å². The topological polar surface area (TPSA) is 29.5 Å². The van der Waals surface area contributed by atoms with E-state index in [1.54, 1.807) is 12.1 Å². The number of aliphatic hydroxyl groups excluding tert-OH is 1. The molecule has 2 rings (SSSR count). The van der Waals surface area contributed by atoms with E-state index in [-0.39, 0.29) is 0 Å². The van der Waals surface area contributed by atoms with Gasteiger partial charge in [0.15, 0.2) is 0 Å². The number of hydrogen-bond donors (Lipinski definition) is 1. The van der Waals surface area contributed by atoms with Gasteiger partial charge >= 0.3 is 0 Å². The minimum Gasteiger partial charge on any atom is -0.495 e. The molecule has 0 fully saturated rings. The van der Waals surface area contributed by atoms with E-state index < -0.39 is 6.10 Å². The van der Waals surface area contributed by atoms with Crippen molar-refractivity contribution in [2.45, 2.75) is 18.9 Å². The molecule has 1 aliphatic heterocycles. The quantitative estimate of drug-likeness (QED) is 0.903. The normalized spacial score (nSPS) is 16.8. The second-order valence-corrected chi connectivity index (χ2v) is 4.53. The minimum absolute atomic E-state index is 0.489. The van der Waals surface area contributed by atoms with Gasteiger partial charge in [-0.2, -0.15) is 0 Å². The van der Waals surface area contributed by atoms with Crippen LogP contribution >= 0.6 is 23.2 Å². The fourth-order valence-corrected chi connectivity index (χ4v) is 1.98. The van der Waals surface area contributed by atoms with Crippen LogP contribution in [0.4, 0.5) is 0 Å². The molecule has 1 N–H and O–H groups in total. The van der Waals surface area contributed by atoms with Crippen LogP contribution in [0, 0.1) is 0 Å². The molecular weight excluding hydrogens is 247 g/mol. The largest absolute Gasteiger partial charge is 0.495 e. The third-order valence-electron chi connectivity index (χ3n) is 2.47. The summed E-state index contributed by atoms with van der Waals surface area (Å²) in [5.41, 5.74) is 0.943. The molecule has 1 aromatic rings. The molecular formula is C12H12Cl2O2. The van der Waals surface area contributed by atoms with Crippen LogP contribution in [0.3, 0.4) is 0 Å². The maximum atomic E-state index is 9.89. The Hall–Kier alpha value is -0.700. The average molecular weight is 259 g/mol. The Balaban J connectivity index is 2.05. The van der Waals surface area contributed by atoms with E-state index in [2.05, 4.69) is 0 Å². The first-order valence-corrected chi connectivity index (χ1v) is 5.87. The summed E-state index contributed by atoms with van der Waals surface area (Å²) >= 11 is 11.7. The Morgan fingerprint density at radius 1 is 1.31 bits per heavy atom. The van der Waals surface area contributed by atoms with Crippen molar-refractivity contribution < 1.29 is 9.84 Å². The third kappa shape index (κ3) is 2.70. The van der Waals surface area contributed by atoms with Gasteiger partial charge in [-0.15, -0.1) is 0 Å². The lowest BCUT2D eigenvalue weighted by molar-refractivity contribution is 0.118. The molecule has 16 heavy (non-hydrogen) atoms. The summed E-state index contributed by atoms with van der Waals surface area (Å²) in [5.74, 6) is 0.658. The molecule has 0 bridgehead atoms. The van der Waals surface area contributed by atoms with Gasteiger partial charge in [-0.3, -0.25) is 0 Å². The lowest BCUT2D eigenvalue weighted by atomic mass is 10.1. The van der Waals surface area contributed by atoms with Crippen molar-refractivity contribution >= 4 is 23.2 Å². The van der Waals surface area contributed by atoms with Gasteiger partial charge in [0.25, 0.3) is 0 Å². The smallest absolute Gasteiger partial charge is 0.121 e. The van der Waals surface area contributed by atoms with Gasteiger partial charge < -0.3 is 9.84 Å². The van der Waals surface area contributed by atoms with E-state index >= 15 is 0 Å². The Kier molecular flexibility index (Phi) is 3.74. The zero-order chi connectivity index (χ0) is 11.5. The maximum absolute atomic E-state index is 9.89. The highest BCUT2D eigenvalue weighted by atomic mass is 35.5. The molecule has 86 valence electrons. The highest BCUT2D eigenvalue weighted by Gasteiger charge is 2.16. The van der Waals surface area contributed by atoms with E-state index in [1.165, 1.54) is 0 Å². The van der Waals surface area contributed by atoms with Gasteiger partial charge in [0.1, 0.15) is 11.9 Å². The molecule has 0 aromatic heterocycles. The Morgan fingerprint density at radius 3 is 2.75 bits per heavy atom. The highest BCUT2D eigenvalue weighted by Crippen LogP contribution is 2.24. The van der Waals surface area contributed by atoms with E-state index in [0.29, 0.717) is 28.8 Å². The molecule has 0 radical (unpaired) electrons. The van der Waals surface area contributed by atoms with Crippen LogP contribution in [0.5, 0.6) is 0 Å². The molecule has 0 aliphatic carbocycles. The second-order valence-electron chi connectivity index (χ2n) is 3.71. The molecule has 0 saturated heterocycles. The molecule has 1 heterocycles. The molecule has 0 saturated carbocycles. The second kappa shape index (κ2) is 5.09. The number of aliphatic hydroxyl groups is 1. The van der Waals surface area contributed by atoms with E-state index in [4.69, 9.17) is 27.9 Å². The summed E-state index contributed by atoms with van der Waals surface area (Å²) in [6.07, 6.45) is 2.68. The number of ether oxygens (including phenoxy) is 1. The molecule has 4 heteroatoms. The lowest BCUT2D eigenvalue weighted by Gasteiger charge is -2.12. The lowest BCUT2D eigenvalue weighted by Crippen LogP contribution is -2.14. The summed E-state index contributed by atoms with van der Waals surface area (Å²) in [7, 11) is 0. The number of hydrogen-bond acceptors (Lipinski definition) is 2. The van der Waals surface area contributed by atoms with Crippen molar-refractivity contribution in [1.29, 1.82) is 0 Å².